The van der Waals surface area contributed by atoms with E-state index in [-0.39, 0.29) is 5.91 Å². The summed E-state index contributed by atoms with van der Waals surface area (Å²) in [5, 5.41) is 4.44. The number of carbonyl (C=O) groups excluding carboxylic acids is 1. The normalized spacial score (nSPS) is 11.6. The predicted octanol–water partition coefficient (Wildman–Crippen LogP) is 5.45. The maximum absolute atomic E-state index is 12.3. The van der Waals surface area contributed by atoms with Crippen molar-refractivity contribution in [3.8, 4) is 5.75 Å². The number of furan rings is 1. The van der Waals surface area contributed by atoms with Gasteiger partial charge in [0.2, 0.25) is 5.91 Å². The number of hydrogen-bond donors (Lipinski definition) is 1. The van der Waals surface area contributed by atoms with Crippen molar-refractivity contribution in [1.29, 1.82) is 0 Å². The number of amides is 1. The lowest BCUT2D eigenvalue weighted by Gasteiger charge is -2.10. The van der Waals surface area contributed by atoms with Crippen LogP contribution in [0.3, 0.4) is 0 Å². The standard InChI is InChI=1S/C20H18ClNO3/c1-12(8-20(23)22-15-6-4-14(21)5-7-15)16-9-17-13(2)11-25-19(17)10-18(16)24-3/h4-11H,1-3H3,(H,22,23)/b12-8+. The summed E-state index contributed by atoms with van der Waals surface area (Å²) in [6.45, 7) is 3.86. The number of allylic oxidation sites excluding steroid dienone is 1. The number of fused-ring (bicyclic) bond motifs is 1. The summed E-state index contributed by atoms with van der Waals surface area (Å²) >= 11 is 5.85. The second-order valence-electron chi connectivity index (χ2n) is 5.79. The van der Waals surface area contributed by atoms with Gasteiger partial charge in [-0.15, -0.1) is 0 Å². The van der Waals surface area contributed by atoms with Crippen LogP contribution in [0.5, 0.6) is 5.75 Å². The molecule has 0 saturated carbocycles. The van der Waals surface area contributed by atoms with E-state index in [1.807, 2.05) is 26.0 Å². The average Bonchev–Trinajstić information content (AvgIpc) is 2.96. The molecular formula is C20H18ClNO3. The number of halogens is 1. The molecule has 0 radical (unpaired) electrons. The van der Waals surface area contributed by atoms with Gasteiger partial charge in [-0.1, -0.05) is 11.6 Å². The molecule has 1 aromatic heterocycles. The highest BCUT2D eigenvalue weighted by atomic mass is 35.5. The van der Waals surface area contributed by atoms with Crippen LogP contribution in [0.2, 0.25) is 5.02 Å². The van der Waals surface area contributed by atoms with Gasteiger partial charge in [0.25, 0.3) is 0 Å². The summed E-state index contributed by atoms with van der Waals surface area (Å²) in [6, 6.07) is 10.8. The molecule has 0 saturated heterocycles. The molecule has 0 aliphatic carbocycles. The lowest BCUT2D eigenvalue weighted by atomic mass is 10.0. The highest BCUT2D eigenvalue weighted by molar-refractivity contribution is 6.30. The van der Waals surface area contributed by atoms with Crippen LogP contribution in [-0.4, -0.2) is 13.0 Å². The van der Waals surface area contributed by atoms with Crippen LogP contribution in [-0.2, 0) is 4.79 Å². The Labute approximate surface area is 151 Å². The molecule has 1 heterocycles. The van der Waals surface area contributed by atoms with Crippen molar-refractivity contribution < 1.29 is 13.9 Å². The summed E-state index contributed by atoms with van der Waals surface area (Å²) in [5.74, 6) is 0.445. The fraction of sp³-hybridized carbons (Fsp3) is 0.150. The van der Waals surface area contributed by atoms with Gasteiger partial charge in [0.05, 0.1) is 13.4 Å². The Morgan fingerprint density at radius 2 is 1.96 bits per heavy atom. The molecule has 0 atom stereocenters. The van der Waals surface area contributed by atoms with Gasteiger partial charge in [0.15, 0.2) is 0 Å². The highest BCUT2D eigenvalue weighted by Gasteiger charge is 2.12. The average molecular weight is 356 g/mol. The van der Waals surface area contributed by atoms with Crippen molar-refractivity contribution in [3.05, 3.63) is 64.9 Å². The molecule has 0 aliphatic rings. The molecule has 1 amide bonds. The van der Waals surface area contributed by atoms with E-state index in [0.29, 0.717) is 16.5 Å². The Hall–Kier alpha value is -2.72. The molecule has 128 valence electrons. The molecule has 0 unspecified atom stereocenters. The van der Waals surface area contributed by atoms with E-state index >= 15 is 0 Å². The molecule has 0 spiro atoms. The molecule has 0 aliphatic heterocycles. The van der Waals surface area contributed by atoms with E-state index in [2.05, 4.69) is 5.32 Å². The second-order valence-corrected chi connectivity index (χ2v) is 6.23. The Morgan fingerprint density at radius 1 is 1.24 bits per heavy atom. The zero-order valence-electron chi connectivity index (χ0n) is 14.2. The van der Waals surface area contributed by atoms with Crippen molar-refractivity contribution in [1.82, 2.24) is 0 Å². The van der Waals surface area contributed by atoms with Crippen molar-refractivity contribution in [2.45, 2.75) is 13.8 Å². The van der Waals surface area contributed by atoms with E-state index in [0.717, 1.165) is 27.7 Å². The highest BCUT2D eigenvalue weighted by Crippen LogP contribution is 2.33. The van der Waals surface area contributed by atoms with E-state index in [4.69, 9.17) is 20.8 Å². The lowest BCUT2D eigenvalue weighted by molar-refractivity contribution is -0.111. The van der Waals surface area contributed by atoms with Crippen LogP contribution in [0.4, 0.5) is 5.69 Å². The first kappa shape index (κ1) is 17.1. The van der Waals surface area contributed by atoms with Gasteiger partial charge in [-0.25, -0.2) is 0 Å². The summed E-state index contributed by atoms with van der Waals surface area (Å²) in [7, 11) is 1.60. The van der Waals surface area contributed by atoms with Crippen molar-refractivity contribution in [2.24, 2.45) is 0 Å². The number of ether oxygens (including phenoxy) is 1. The molecule has 5 heteroatoms. The maximum Gasteiger partial charge on any atom is 0.248 e. The van der Waals surface area contributed by atoms with Crippen molar-refractivity contribution in [3.63, 3.8) is 0 Å². The van der Waals surface area contributed by atoms with Gasteiger partial charge in [0.1, 0.15) is 11.3 Å². The van der Waals surface area contributed by atoms with Gasteiger partial charge in [-0.3, -0.25) is 4.79 Å². The number of nitrogens with one attached hydrogen (secondary N) is 1. The van der Waals surface area contributed by atoms with Gasteiger partial charge < -0.3 is 14.5 Å². The van der Waals surface area contributed by atoms with Gasteiger partial charge in [0, 0.05) is 33.8 Å². The molecule has 25 heavy (non-hydrogen) atoms. The van der Waals surface area contributed by atoms with Gasteiger partial charge >= 0.3 is 0 Å². The number of anilines is 1. The maximum atomic E-state index is 12.3. The minimum Gasteiger partial charge on any atom is -0.496 e. The quantitative estimate of drug-likeness (QED) is 0.633. The number of hydrogen-bond acceptors (Lipinski definition) is 3. The minimum absolute atomic E-state index is 0.217. The third kappa shape index (κ3) is 3.69. The Bertz CT molecular complexity index is 955. The summed E-state index contributed by atoms with van der Waals surface area (Å²) in [5.41, 5.74) is 4.14. The van der Waals surface area contributed by atoms with Crippen LogP contribution in [0, 0.1) is 6.92 Å². The Kier molecular flexibility index (Phi) is 4.81. The smallest absolute Gasteiger partial charge is 0.248 e. The van der Waals surface area contributed by atoms with Crippen LogP contribution in [0.25, 0.3) is 16.5 Å². The number of carbonyl (C=O) groups is 1. The predicted molar refractivity (Wildman–Crippen MR) is 101 cm³/mol. The largest absolute Gasteiger partial charge is 0.496 e. The molecular weight excluding hydrogens is 338 g/mol. The summed E-state index contributed by atoms with van der Waals surface area (Å²) < 4.78 is 11.0. The first-order valence-electron chi connectivity index (χ1n) is 7.79. The van der Waals surface area contributed by atoms with Crippen molar-refractivity contribution in [2.75, 3.05) is 12.4 Å². The molecule has 3 rings (SSSR count). The fourth-order valence-electron chi connectivity index (χ4n) is 2.65. The minimum atomic E-state index is -0.217. The van der Waals surface area contributed by atoms with Crippen molar-refractivity contribution >= 4 is 39.7 Å². The topological polar surface area (TPSA) is 51.5 Å². The van der Waals surface area contributed by atoms with E-state index in [1.165, 1.54) is 0 Å². The molecule has 0 fully saturated rings. The Balaban J connectivity index is 1.90. The summed E-state index contributed by atoms with van der Waals surface area (Å²) in [6.07, 6.45) is 3.26. The number of rotatable bonds is 4. The van der Waals surface area contributed by atoms with Crippen LogP contribution < -0.4 is 10.1 Å². The first-order chi connectivity index (χ1) is 12.0. The molecule has 0 bridgehead atoms. The van der Waals surface area contributed by atoms with Gasteiger partial charge in [-0.05, 0) is 55.3 Å². The molecule has 2 aromatic carbocycles. The van der Waals surface area contributed by atoms with E-state index < -0.39 is 0 Å². The van der Waals surface area contributed by atoms with Crippen LogP contribution in [0.15, 0.2) is 53.2 Å². The van der Waals surface area contributed by atoms with E-state index in [1.54, 1.807) is 43.7 Å². The van der Waals surface area contributed by atoms with Crippen LogP contribution >= 0.6 is 11.6 Å². The first-order valence-corrected chi connectivity index (χ1v) is 8.17. The van der Waals surface area contributed by atoms with E-state index in [9.17, 15) is 4.79 Å². The number of aryl methyl sites for hydroxylation is 1. The number of benzene rings is 2. The molecule has 3 aromatic rings. The fourth-order valence-corrected chi connectivity index (χ4v) is 2.77. The van der Waals surface area contributed by atoms with Gasteiger partial charge in [-0.2, -0.15) is 0 Å². The molecule has 4 nitrogen and oxygen atoms in total. The number of methoxy groups -OCH3 is 1. The van der Waals surface area contributed by atoms with Crippen LogP contribution in [0.1, 0.15) is 18.1 Å². The summed E-state index contributed by atoms with van der Waals surface area (Å²) in [4.78, 5) is 12.3. The lowest BCUT2D eigenvalue weighted by Crippen LogP contribution is -2.08. The SMILES string of the molecule is COc1cc2occ(C)c2cc1/C(C)=C/C(=O)Nc1ccc(Cl)cc1. The molecule has 1 N–H and O–H groups in total. The zero-order valence-corrected chi connectivity index (χ0v) is 15.0. The second kappa shape index (κ2) is 7.03. The monoisotopic (exact) mass is 355 g/mol. The third-order valence-corrected chi connectivity index (χ3v) is 4.23. The third-order valence-electron chi connectivity index (χ3n) is 3.97. The Morgan fingerprint density at radius 3 is 2.64 bits per heavy atom. The zero-order chi connectivity index (χ0) is 18.0.